The number of aromatic nitrogens is 2. The second kappa shape index (κ2) is 4.87. The van der Waals surface area contributed by atoms with Crippen LogP contribution in [0.3, 0.4) is 0 Å². The highest BCUT2D eigenvalue weighted by Crippen LogP contribution is 2.19. The van der Waals surface area contributed by atoms with Gasteiger partial charge in [0.15, 0.2) is 0 Å². The molecule has 0 aliphatic carbocycles. The standard InChI is InChI=1S/C8H9BrN2O/c1-2-3-4-12-8-7(9)5-10-6-11-8/h2-3,5-6H,4H2,1H3. The quantitative estimate of drug-likeness (QED) is 0.745. The van der Waals surface area contributed by atoms with E-state index < -0.39 is 0 Å². The van der Waals surface area contributed by atoms with E-state index in [0.29, 0.717) is 12.5 Å². The van der Waals surface area contributed by atoms with E-state index in [0.717, 1.165) is 4.47 Å². The predicted molar refractivity (Wildman–Crippen MR) is 50.0 cm³/mol. The van der Waals surface area contributed by atoms with Gasteiger partial charge < -0.3 is 4.74 Å². The van der Waals surface area contributed by atoms with Gasteiger partial charge in [-0.3, -0.25) is 0 Å². The molecule has 0 aliphatic rings. The lowest BCUT2D eigenvalue weighted by Crippen LogP contribution is -1.96. The minimum absolute atomic E-state index is 0.534. The topological polar surface area (TPSA) is 35.0 Å². The van der Waals surface area contributed by atoms with Crippen LogP contribution in [0.5, 0.6) is 5.88 Å². The Bertz CT molecular complexity index is 276. The third kappa shape index (κ3) is 2.62. The van der Waals surface area contributed by atoms with Crippen LogP contribution in [-0.4, -0.2) is 16.6 Å². The van der Waals surface area contributed by atoms with Gasteiger partial charge in [-0.2, -0.15) is 0 Å². The average Bonchev–Trinajstić information content (AvgIpc) is 2.09. The maximum atomic E-state index is 5.29. The van der Waals surface area contributed by atoms with Gasteiger partial charge in [0.25, 0.3) is 0 Å². The van der Waals surface area contributed by atoms with E-state index in [9.17, 15) is 0 Å². The van der Waals surface area contributed by atoms with Crippen LogP contribution in [0.25, 0.3) is 0 Å². The van der Waals surface area contributed by atoms with E-state index in [2.05, 4.69) is 25.9 Å². The predicted octanol–water partition coefficient (Wildman–Crippen LogP) is 2.19. The molecule has 64 valence electrons. The van der Waals surface area contributed by atoms with Gasteiger partial charge in [-0.25, -0.2) is 9.97 Å². The highest BCUT2D eigenvalue weighted by Gasteiger charge is 1.98. The Balaban J connectivity index is 2.57. The molecule has 3 nitrogen and oxygen atoms in total. The second-order valence-corrected chi connectivity index (χ2v) is 2.91. The molecule has 0 unspecified atom stereocenters. The van der Waals surface area contributed by atoms with Crippen LogP contribution in [0.1, 0.15) is 6.92 Å². The Morgan fingerprint density at radius 1 is 1.67 bits per heavy atom. The van der Waals surface area contributed by atoms with Gasteiger partial charge in [-0.1, -0.05) is 12.2 Å². The molecule has 0 fully saturated rings. The third-order valence-electron chi connectivity index (χ3n) is 1.19. The molecule has 0 atom stereocenters. The summed E-state index contributed by atoms with van der Waals surface area (Å²) < 4.78 is 6.07. The smallest absolute Gasteiger partial charge is 0.231 e. The molecule has 0 aliphatic heterocycles. The average molecular weight is 229 g/mol. The SMILES string of the molecule is CC=CCOc1ncncc1Br. The van der Waals surface area contributed by atoms with E-state index in [1.54, 1.807) is 6.20 Å². The number of nitrogens with zero attached hydrogens (tertiary/aromatic N) is 2. The fraction of sp³-hybridized carbons (Fsp3) is 0.250. The van der Waals surface area contributed by atoms with Gasteiger partial charge in [0.05, 0.1) is 4.47 Å². The molecule has 1 aromatic heterocycles. The number of ether oxygens (including phenoxy) is 1. The number of hydrogen-bond donors (Lipinski definition) is 0. The molecule has 0 amide bonds. The fourth-order valence-electron chi connectivity index (χ4n) is 0.631. The summed E-state index contributed by atoms with van der Waals surface area (Å²) in [6.45, 7) is 2.48. The van der Waals surface area contributed by atoms with E-state index in [1.165, 1.54) is 6.33 Å². The van der Waals surface area contributed by atoms with Crippen molar-refractivity contribution in [3.8, 4) is 5.88 Å². The molecule has 1 heterocycles. The van der Waals surface area contributed by atoms with Crippen LogP contribution < -0.4 is 4.74 Å². The molecule has 1 rings (SSSR count). The molecule has 0 spiro atoms. The van der Waals surface area contributed by atoms with Crippen molar-refractivity contribution in [2.45, 2.75) is 6.92 Å². The molecule has 0 saturated carbocycles. The zero-order chi connectivity index (χ0) is 8.81. The van der Waals surface area contributed by atoms with E-state index >= 15 is 0 Å². The van der Waals surface area contributed by atoms with E-state index in [1.807, 2.05) is 19.1 Å². The molecule has 0 bridgehead atoms. The fourth-order valence-corrected chi connectivity index (χ4v) is 0.966. The van der Waals surface area contributed by atoms with Crippen molar-refractivity contribution in [3.63, 3.8) is 0 Å². The van der Waals surface area contributed by atoms with E-state index in [-0.39, 0.29) is 0 Å². The van der Waals surface area contributed by atoms with Gasteiger partial charge >= 0.3 is 0 Å². The first-order chi connectivity index (χ1) is 5.84. The Hall–Kier alpha value is -0.900. The number of halogens is 1. The van der Waals surface area contributed by atoms with Crippen molar-refractivity contribution < 1.29 is 4.74 Å². The Morgan fingerprint density at radius 2 is 2.50 bits per heavy atom. The van der Waals surface area contributed by atoms with Crippen LogP contribution in [-0.2, 0) is 0 Å². The van der Waals surface area contributed by atoms with Crippen molar-refractivity contribution >= 4 is 15.9 Å². The third-order valence-corrected chi connectivity index (χ3v) is 1.73. The number of hydrogen-bond acceptors (Lipinski definition) is 3. The van der Waals surface area contributed by atoms with Crippen LogP contribution in [0.4, 0.5) is 0 Å². The van der Waals surface area contributed by atoms with Gasteiger partial charge in [-0.15, -0.1) is 0 Å². The Morgan fingerprint density at radius 3 is 3.17 bits per heavy atom. The first kappa shape index (κ1) is 9.19. The first-order valence-electron chi connectivity index (χ1n) is 3.54. The summed E-state index contributed by atoms with van der Waals surface area (Å²) in [5.74, 6) is 0.572. The molecular formula is C8H9BrN2O. The largest absolute Gasteiger partial charge is 0.473 e. The minimum atomic E-state index is 0.534. The summed E-state index contributed by atoms with van der Waals surface area (Å²) in [4.78, 5) is 7.75. The molecule has 1 aromatic rings. The lowest BCUT2D eigenvalue weighted by atomic mass is 10.5. The highest BCUT2D eigenvalue weighted by atomic mass is 79.9. The zero-order valence-electron chi connectivity index (χ0n) is 6.70. The van der Waals surface area contributed by atoms with Crippen molar-refractivity contribution in [1.29, 1.82) is 0 Å². The van der Waals surface area contributed by atoms with Gasteiger partial charge in [0.2, 0.25) is 5.88 Å². The molecule has 0 radical (unpaired) electrons. The summed E-state index contributed by atoms with van der Waals surface area (Å²) in [6, 6.07) is 0. The lowest BCUT2D eigenvalue weighted by Gasteiger charge is -2.01. The summed E-state index contributed by atoms with van der Waals surface area (Å²) >= 11 is 3.27. The summed E-state index contributed by atoms with van der Waals surface area (Å²) in [5, 5.41) is 0. The maximum Gasteiger partial charge on any atom is 0.231 e. The summed E-state index contributed by atoms with van der Waals surface area (Å²) in [5.41, 5.74) is 0. The van der Waals surface area contributed by atoms with Crippen molar-refractivity contribution in [2.24, 2.45) is 0 Å². The van der Waals surface area contributed by atoms with E-state index in [4.69, 9.17) is 4.74 Å². The van der Waals surface area contributed by atoms with Gasteiger partial charge in [0.1, 0.15) is 12.9 Å². The molecule has 0 N–H and O–H groups in total. The van der Waals surface area contributed by atoms with Crippen molar-refractivity contribution in [1.82, 2.24) is 9.97 Å². The molecular weight excluding hydrogens is 220 g/mol. The molecule has 4 heteroatoms. The van der Waals surface area contributed by atoms with Crippen molar-refractivity contribution in [3.05, 3.63) is 29.1 Å². The van der Waals surface area contributed by atoms with Crippen LogP contribution >= 0.6 is 15.9 Å². The second-order valence-electron chi connectivity index (χ2n) is 2.06. The van der Waals surface area contributed by atoms with Crippen LogP contribution in [0.2, 0.25) is 0 Å². The first-order valence-corrected chi connectivity index (χ1v) is 4.33. The van der Waals surface area contributed by atoms with Gasteiger partial charge in [-0.05, 0) is 22.9 Å². The molecule has 12 heavy (non-hydrogen) atoms. The van der Waals surface area contributed by atoms with Crippen LogP contribution in [0, 0.1) is 0 Å². The number of rotatable bonds is 3. The maximum absolute atomic E-state index is 5.29. The van der Waals surface area contributed by atoms with Gasteiger partial charge in [0, 0.05) is 6.20 Å². The highest BCUT2D eigenvalue weighted by molar-refractivity contribution is 9.10. The molecule has 0 aromatic carbocycles. The lowest BCUT2D eigenvalue weighted by molar-refractivity contribution is 0.345. The summed E-state index contributed by atoms with van der Waals surface area (Å²) in [7, 11) is 0. The Kier molecular flexibility index (Phi) is 3.73. The van der Waals surface area contributed by atoms with Crippen LogP contribution in [0.15, 0.2) is 29.1 Å². The minimum Gasteiger partial charge on any atom is -0.473 e. The normalized spacial score (nSPS) is 10.5. The number of allylic oxidation sites excluding steroid dienone is 1. The monoisotopic (exact) mass is 228 g/mol. The van der Waals surface area contributed by atoms with Crippen molar-refractivity contribution in [2.75, 3.05) is 6.61 Å². The zero-order valence-corrected chi connectivity index (χ0v) is 8.28. The summed E-state index contributed by atoms with van der Waals surface area (Å²) in [6.07, 6.45) is 6.94. The Labute approximate surface area is 79.6 Å². The molecule has 0 saturated heterocycles.